The minimum atomic E-state index is -1.38. The van der Waals surface area contributed by atoms with E-state index in [1.807, 2.05) is 0 Å². The third-order valence-electron chi connectivity index (χ3n) is 5.22. The van der Waals surface area contributed by atoms with Crippen LogP contribution in [0.15, 0.2) is 0 Å². The summed E-state index contributed by atoms with van der Waals surface area (Å²) in [6.45, 7) is 16.7. The summed E-state index contributed by atoms with van der Waals surface area (Å²) in [5, 5.41) is 0. The number of unbranched alkanes of at least 4 members (excludes halogenated alkanes) is 3. The van der Waals surface area contributed by atoms with Crippen molar-refractivity contribution in [3.63, 3.8) is 0 Å². The molecular formula is C19H46OSi3. The van der Waals surface area contributed by atoms with Gasteiger partial charge in [-0.25, -0.2) is 0 Å². The molecule has 0 aromatic carbocycles. The van der Waals surface area contributed by atoms with Gasteiger partial charge in [-0.15, -0.1) is 0 Å². The summed E-state index contributed by atoms with van der Waals surface area (Å²) in [5.74, 6) is 0. The molecule has 0 aromatic heterocycles. The summed E-state index contributed by atoms with van der Waals surface area (Å²) in [5.41, 5.74) is 0. The van der Waals surface area contributed by atoms with Gasteiger partial charge >= 0.3 is 0 Å². The summed E-state index contributed by atoms with van der Waals surface area (Å²) in [6.07, 6.45) is 10.1. The van der Waals surface area contributed by atoms with Crippen molar-refractivity contribution < 1.29 is 4.12 Å². The van der Waals surface area contributed by atoms with E-state index in [0.717, 1.165) is 0 Å². The molecule has 0 aliphatic heterocycles. The molecular weight excluding hydrogens is 328 g/mol. The third kappa shape index (κ3) is 11.7. The van der Waals surface area contributed by atoms with Crippen LogP contribution in [-0.2, 0) is 4.12 Å². The Kier molecular flexibility index (Phi) is 13.2. The highest BCUT2D eigenvalue weighted by molar-refractivity contribution is 6.80. The standard InChI is InChI=1S/C19H46OSi3/c1-8-11-16-23(17-12-9-2,18-13-10-3)19-14-15-22(6,7)20-21(4)5/h21H,8-19H2,1-7H3. The van der Waals surface area contributed by atoms with E-state index >= 15 is 0 Å². The minimum absolute atomic E-state index is 0.862. The zero-order valence-electron chi connectivity index (χ0n) is 17.5. The van der Waals surface area contributed by atoms with E-state index in [9.17, 15) is 0 Å². The molecule has 1 nitrogen and oxygen atoms in total. The van der Waals surface area contributed by atoms with Gasteiger partial charge in [0.05, 0.1) is 8.07 Å². The van der Waals surface area contributed by atoms with Gasteiger partial charge in [0.1, 0.15) is 0 Å². The van der Waals surface area contributed by atoms with Crippen LogP contribution in [0.1, 0.15) is 65.7 Å². The van der Waals surface area contributed by atoms with Gasteiger partial charge in [0, 0.05) is 0 Å². The maximum atomic E-state index is 6.39. The van der Waals surface area contributed by atoms with Crippen molar-refractivity contribution in [1.29, 1.82) is 0 Å². The fourth-order valence-electron chi connectivity index (χ4n) is 3.99. The highest BCUT2D eigenvalue weighted by atomic mass is 28.4. The molecule has 0 amide bonds. The van der Waals surface area contributed by atoms with Gasteiger partial charge in [0.2, 0.25) is 0 Å². The van der Waals surface area contributed by atoms with E-state index in [0.29, 0.717) is 0 Å². The lowest BCUT2D eigenvalue weighted by Crippen LogP contribution is -2.37. The first-order valence-electron chi connectivity index (χ1n) is 10.5. The van der Waals surface area contributed by atoms with Crippen molar-refractivity contribution in [2.75, 3.05) is 0 Å². The van der Waals surface area contributed by atoms with Crippen LogP contribution in [0, 0.1) is 0 Å². The molecule has 0 fully saturated rings. The molecule has 0 aliphatic carbocycles. The Labute approximate surface area is 151 Å². The van der Waals surface area contributed by atoms with Gasteiger partial charge in [-0.1, -0.05) is 89.9 Å². The Morgan fingerprint density at radius 2 is 1.04 bits per heavy atom. The van der Waals surface area contributed by atoms with Gasteiger partial charge in [0.15, 0.2) is 17.4 Å². The Hall–Kier alpha value is 0.611. The van der Waals surface area contributed by atoms with E-state index in [1.165, 1.54) is 51.0 Å². The van der Waals surface area contributed by atoms with Crippen molar-refractivity contribution in [1.82, 2.24) is 0 Å². The lowest BCUT2D eigenvalue weighted by atomic mass is 10.4. The first-order valence-corrected chi connectivity index (χ1v) is 19.2. The van der Waals surface area contributed by atoms with Gasteiger partial charge in [0.25, 0.3) is 0 Å². The minimum Gasteiger partial charge on any atom is -0.458 e. The normalized spacial score (nSPS) is 13.0. The van der Waals surface area contributed by atoms with Crippen LogP contribution in [0.3, 0.4) is 0 Å². The summed E-state index contributed by atoms with van der Waals surface area (Å²) in [6, 6.07) is 7.80. The molecule has 0 aliphatic rings. The fraction of sp³-hybridized carbons (Fsp3) is 1.00. The Bertz CT molecular complexity index is 258. The molecule has 140 valence electrons. The quantitative estimate of drug-likeness (QED) is 0.271. The highest BCUT2D eigenvalue weighted by Crippen LogP contribution is 2.34. The summed E-state index contributed by atoms with van der Waals surface area (Å²) < 4.78 is 6.39. The monoisotopic (exact) mass is 374 g/mol. The van der Waals surface area contributed by atoms with E-state index < -0.39 is 25.4 Å². The van der Waals surface area contributed by atoms with E-state index in [4.69, 9.17) is 4.12 Å². The van der Waals surface area contributed by atoms with Gasteiger partial charge in [-0.05, 0) is 32.2 Å². The lowest BCUT2D eigenvalue weighted by molar-refractivity contribution is 0.568. The maximum absolute atomic E-state index is 6.39. The average molecular weight is 375 g/mol. The number of rotatable bonds is 15. The fourth-order valence-corrected chi connectivity index (χ4v) is 16.7. The van der Waals surface area contributed by atoms with Crippen LogP contribution in [0.5, 0.6) is 0 Å². The van der Waals surface area contributed by atoms with Gasteiger partial charge in [-0.3, -0.25) is 0 Å². The van der Waals surface area contributed by atoms with E-state index in [1.54, 1.807) is 24.2 Å². The molecule has 23 heavy (non-hydrogen) atoms. The largest absolute Gasteiger partial charge is 0.458 e. The van der Waals surface area contributed by atoms with Crippen molar-refractivity contribution in [2.45, 2.75) is 122 Å². The van der Waals surface area contributed by atoms with Crippen molar-refractivity contribution in [3.05, 3.63) is 0 Å². The molecule has 0 rings (SSSR count). The molecule has 0 radical (unpaired) electrons. The van der Waals surface area contributed by atoms with Crippen LogP contribution >= 0.6 is 0 Å². The van der Waals surface area contributed by atoms with E-state index in [2.05, 4.69) is 47.0 Å². The second-order valence-corrected chi connectivity index (χ2v) is 20.7. The van der Waals surface area contributed by atoms with Gasteiger partial charge in [-0.2, -0.15) is 0 Å². The van der Waals surface area contributed by atoms with Crippen molar-refractivity contribution in [2.24, 2.45) is 0 Å². The molecule has 0 N–H and O–H groups in total. The Morgan fingerprint density at radius 1 is 0.652 bits per heavy atom. The predicted octanol–water partition coefficient (Wildman–Crippen LogP) is 7.43. The average Bonchev–Trinajstić information content (AvgIpc) is 2.46. The first kappa shape index (κ1) is 23.6. The molecule has 0 atom stereocenters. The molecule has 0 heterocycles. The SMILES string of the molecule is CCCC[Si](CCCC)(CCCC)CCC[Si](C)(C)O[SiH](C)C. The molecule has 0 aromatic rings. The van der Waals surface area contributed by atoms with E-state index in [-0.39, 0.29) is 0 Å². The molecule has 0 spiro atoms. The topological polar surface area (TPSA) is 9.23 Å². The summed E-state index contributed by atoms with van der Waals surface area (Å²) in [7, 11) is -3.26. The van der Waals surface area contributed by atoms with Gasteiger partial charge < -0.3 is 4.12 Å². The Balaban J connectivity index is 4.68. The molecule has 0 saturated carbocycles. The molecule has 0 saturated heterocycles. The van der Waals surface area contributed by atoms with Crippen molar-refractivity contribution >= 4 is 25.4 Å². The van der Waals surface area contributed by atoms with Crippen LogP contribution in [0.2, 0.25) is 56.4 Å². The summed E-state index contributed by atoms with van der Waals surface area (Å²) >= 11 is 0. The maximum Gasteiger partial charge on any atom is 0.173 e. The second kappa shape index (κ2) is 12.9. The molecule has 0 bridgehead atoms. The van der Waals surface area contributed by atoms with Crippen LogP contribution in [0.25, 0.3) is 0 Å². The highest BCUT2D eigenvalue weighted by Gasteiger charge is 2.32. The first-order chi connectivity index (χ1) is 10.8. The zero-order chi connectivity index (χ0) is 17.8. The van der Waals surface area contributed by atoms with Crippen molar-refractivity contribution in [3.8, 4) is 0 Å². The lowest BCUT2D eigenvalue weighted by Gasteiger charge is -2.34. The van der Waals surface area contributed by atoms with Crippen LogP contribution < -0.4 is 0 Å². The second-order valence-electron chi connectivity index (χ2n) is 8.59. The number of hydrogen-bond donors (Lipinski definition) is 0. The zero-order valence-corrected chi connectivity index (χ0v) is 20.6. The number of hydrogen-bond acceptors (Lipinski definition) is 1. The molecule has 0 unspecified atom stereocenters. The smallest absolute Gasteiger partial charge is 0.173 e. The molecule has 4 heteroatoms. The Morgan fingerprint density at radius 3 is 1.39 bits per heavy atom. The predicted molar refractivity (Wildman–Crippen MR) is 117 cm³/mol. The van der Waals surface area contributed by atoms with Crippen LogP contribution in [-0.4, -0.2) is 25.4 Å². The third-order valence-corrected chi connectivity index (χ3v) is 16.9. The van der Waals surface area contributed by atoms with Crippen LogP contribution in [0.4, 0.5) is 0 Å². The summed E-state index contributed by atoms with van der Waals surface area (Å²) in [4.78, 5) is 0.